The van der Waals surface area contributed by atoms with Crippen LogP contribution in [0, 0.1) is 11.3 Å². The Morgan fingerprint density at radius 1 is 1.42 bits per heavy atom. The van der Waals surface area contributed by atoms with Crippen molar-refractivity contribution in [2.45, 2.75) is 53.4 Å². The van der Waals surface area contributed by atoms with Gasteiger partial charge in [0.1, 0.15) is 6.29 Å². The summed E-state index contributed by atoms with van der Waals surface area (Å²) in [6, 6.07) is 0. The quantitative estimate of drug-likeness (QED) is 0.558. The zero-order valence-corrected chi connectivity index (χ0v) is 8.89. The van der Waals surface area contributed by atoms with E-state index in [9.17, 15) is 4.79 Å². The first-order valence-electron chi connectivity index (χ1n) is 4.98. The highest BCUT2D eigenvalue weighted by Gasteiger charge is 2.19. The number of unbranched alkanes of at least 4 members (excludes halogenated alkanes) is 1. The zero-order chi connectivity index (χ0) is 9.61. The lowest BCUT2D eigenvalue weighted by Gasteiger charge is -2.21. The van der Waals surface area contributed by atoms with Crippen molar-refractivity contribution in [2.24, 2.45) is 11.3 Å². The summed E-state index contributed by atoms with van der Waals surface area (Å²) in [4.78, 5) is 10.6. The molecule has 0 radical (unpaired) electrons. The fraction of sp³-hybridized carbons (Fsp3) is 0.909. The van der Waals surface area contributed by atoms with Crippen molar-refractivity contribution in [3.63, 3.8) is 0 Å². The molecule has 0 aliphatic carbocycles. The summed E-state index contributed by atoms with van der Waals surface area (Å²) in [6.07, 6.45) is 5.90. The molecule has 0 rings (SSSR count). The number of hydrogen-bond donors (Lipinski definition) is 0. The van der Waals surface area contributed by atoms with Crippen molar-refractivity contribution in [2.75, 3.05) is 0 Å². The first kappa shape index (κ1) is 11.7. The molecular weight excluding hydrogens is 148 g/mol. The van der Waals surface area contributed by atoms with Crippen LogP contribution in [0.5, 0.6) is 0 Å². The second kappa shape index (κ2) is 5.34. The summed E-state index contributed by atoms with van der Waals surface area (Å²) >= 11 is 0. The van der Waals surface area contributed by atoms with Crippen molar-refractivity contribution in [1.82, 2.24) is 0 Å². The average molecular weight is 170 g/mol. The minimum atomic E-state index is -0.118. The Bertz CT molecular complexity index is 127. The number of carbonyl (C=O) groups is 1. The highest BCUT2D eigenvalue weighted by molar-refractivity contribution is 5.57. The smallest absolute Gasteiger partial charge is 0.125 e. The van der Waals surface area contributed by atoms with Crippen LogP contribution >= 0.6 is 0 Å². The summed E-state index contributed by atoms with van der Waals surface area (Å²) in [5, 5.41) is 0. The molecule has 0 aromatic rings. The fourth-order valence-electron chi connectivity index (χ4n) is 1.60. The Hall–Kier alpha value is -0.330. The summed E-state index contributed by atoms with van der Waals surface area (Å²) < 4.78 is 0. The van der Waals surface area contributed by atoms with E-state index in [0.29, 0.717) is 5.92 Å². The summed E-state index contributed by atoms with van der Waals surface area (Å²) in [5.74, 6) is 0.685. The zero-order valence-electron chi connectivity index (χ0n) is 8.89. The van der Waals surface area contributed by atoms with E-state index in [1.54, 1.807) is 0 Å². The van der Waals surface area contributed by atoms with Gasteiger partial charge < -0.3 is 4.79 Å². The average Bonchev–Trinajstić information content (AvgIpc) is 2.00. The monoisotopic (exact) mass is 170 g/mol. The van der Waals surface area contributed by atoms with Crippen molar-refractivity contribution in [3.05, 3.63) is 0 Å². The second-order valence-electron chi connectivity index (χ2n) is 4.56. The first-order chi connectivity index (χ1) is 5.52. The van der Waals surface area contributed by atoms with E-state index >= 15 is 0 Å². The van der Waals surface area contributed by atoms with Gasteiger partial charge in [0.15, 0.2) is 0 Å². The van der Waals surface area contributed by atoms with Crippen molar-refractivity contribution < 1.29 is 4.79 Å². The van der Waals surface area contributed by atoms with Crippen LogP contribution in [0.25, 0.3) is 0 Å². The van der Waals surface area contributed by atoms with Crippen LogP contribution in [0.3, 0.4) is 0 Å². The summed E-state index contributed by atoms with van der Waals surface area (Å²) in [7, 11) is 0. The van der Waals surface area contributed by atoms with Gasteiger partial charge in [-0.3, -0.25) is 0 Å². The maximum Gasteiger partial charge on any atom is 0.125 e. The van der Waals surface area contributed by atoms with Gasteiger partial charge in [-0.1, -0.05) is 47.0 Å². The van der Waals surface area contributed by atoms with Gasteiger partial charge in [-0.05, 0) is 12.3 Å². The first-order valence-corrected chi connectivity index (χ1v) is 4.98. The molecule has 1 nitrogen and oxygen atoms in total. The van der Waals surface area contributed by atoms with E-state index in [1.807, 2.05) is 13.8 Å². The third-order valence-electron chi connectivity index (χ3n) is 2.24. The standard InChI is InChI=1S/C11H22O/c1-5-6-7-10(2)8-11(3,4)9-12/h9-10H,5-8H2,1-4H3. The van der Waals surface area contributed by atoms with Crippen LogP contribution in [-0.2, 0) is 4.79 Å². The molecule has 12 heavy (non-hydrogen) atoms. The Morgan fingerprint density at radius 2 is 2.00 bits per heavy atom. The Labute approximate surface area is 76.6 Å². The summed E-state index contributed by atoms with van der Waals surface area (Å²) in [6.45, 7) is 8.48. The largest absolute Gasteiger partial charge is 0.303 e. The van der Waals surface area contributed by atoms with Gasteiger partial charge in [0, 0.05) is 5.41 Å². The Morgan fingerprint density at radius 3 is 2.42 bits per heavy atom. The molecule has 0 amide bonds. The van der Waals surface area contributed by atoms with Crippen molar-refractivity contribution in [3.8, 4) is 0 Å². The molecule has 1 heteroatoms. The topological polar surface area (TPSA) is 17.1 Å². The second-order valence-corrected chi connectivity index (χ2v) is 4.56. The van der Waals surface area contributed by atoms with E-state index in [-0.39, 0.29) is 5.41 Å². The number of carbonyl (C=O) groups excluding carboxylic acids is 1. The van der Waals surface area contributed by atoms with Crippen molar-refractivity contribution in [1.29, 1.82) is 0 Å². The van der Waals surface area contributed by atoms with Crippen molar-refractivity contribution >= 4 is 6.29 Å². The lowest BCUT2D eigenvalue weighted by Crippen LogP contribution is -2.16. The van der Waals surface area contributed by atoms with E-state index in [1.165, 1.54) is 19.3 Å². The maximum absolute atomic E-state index is 10.6. The van der Waals surface area contributed by atoms with Crippen LogP contribution in [-0.4, -0.2) is 6.29 Å². The molecule has 72 valence electrons. The molecule has 0 heterocycles. The minimum Gasteiger partial charge on any atom is -0.303 e. The van der Waals surface area contributed by atoms with Crippen LogP contribution in [0.2, 0.25) is 0 Å². The predicted molar refractivity (Wildman–Crippen MR) is 53.2 cm³/mol. The van der Waals surface area contributed by atoms with Crippen LogP contribution < -0.4 is 0 Å². The van der Waals surface area contributed by atoms with Gasteiger partial charge in [0.05, 0.1) is 0 Å². The van der Waals surface area contributed by atoms with Gasteiger partial charge in [0.25, 0.3) is 0 Å². The molecule has 1 unspecified atom stereocenters. The third kappa shape index (κ3) is 5.34. The molecule has 0 aromatic carbocycles. The normalized spacial score (nSPS) is 14.3. The number of rotatable bonds is 6. The third-order valence-corrected chi connectivity index (χ3v) is 2.24. The molecule has 0 aliphatic heterocycles. The highest BCUT2D eigenvalue weighted by Crippen LogP contribution is 2.25. The number of hydrogen-bond acceptors (Lipinski definition) is 1. The maximum atomic E-state index is 10.6. The molecule has 0 aliphatic rings. The van der Waals surface area contributed by atoms with Gasteiger partial charge in [0.2, 0.25) is 0 Å². The fourth-order valence-corrected chi connectivity index (χ4v) is 1.60. The number of aldehydes is 1. The molecule has 1 atom stereocenters. The summed E-state index contributed by atoms with van der Waals surface area (Å²) in [5.41, 5.74) is -0.118. The molecule has 0 aromatic heterocycles. The van der Waals surface area contributed by atoms with Crippen LogP contribution in [0.15, 0.2) is 0 Å². The van der Waals surface area contributed by atoms with Gasteiger partial charge in [-0.25, -0.2) is 0 Å². The van der Waals surface area contributed by atoms with E-state index < -0.39 is 0 Å². The SMILES string of the molecule is CCCCC(C)CC(C)(C)C=O. The molecule has 0 fully saturated rings. The predicted octanol–water partition coefficient (Wildman–Crippen LogP) is 3.43. The molecular formula is C11H22O. The molecule has 0 spiro atoms. The lowest BCUT2D eigenvalue weighted by molar-refractivity contribution is -0.115. The van der Waals surface area contributed by atoms with Gasteiger partial charge >= 0.3 is 0 Å². The van der Waals surface area contributed by atoms with Crippen LogP contribution in [0.4, 0.5) is 0 Å². The highest BCUT2D eigenvalue weighted by atomic mass is 16.1. The molecule has 0 bridgehead atoms. The van der Waals surface area contributed by atoms with Gasteiger partial charge in [-0.2, -0.15) is 0 Å². The van der Waals surface area contributed by atoms with E-state index in [0.717, 1.165) is 12.7 Å². The minimum absolute atomic E-state index is 0.118. The lowest BCUT2D eigenvalue weighted by atomic mass is 9.83. The Kier molecular flexibility index (Phi) is 5.19. The van der Waals surface area contributed by atoms with Crippen LogP contribution in [0.1, 0.15) is 53.4 Å². The van der Waals surface area contributed by atoms with E-state index in [4.69, 9.17) is 0 Å². The Balaban J connectivity index is 3.67. The van der Waals surface area contributed by atoms with Gasteiger partial charge in [-0.15, -0.1) is 0 Å². The molecule has 0 N–H and O–H groups in total. The molecule has 0 saturated carbocycles. The molecule has 0 saturated heterocycles. The van der Waals surface area contributed by atoms with E-state index in [2.05, 4.69) is 13.8 Å².